The van der Waals surface area contributed by atoms with Crippen LogP contribution in [-0.2, 0) is 0 Å². The van der Waals surface area contributed by atoms with Gasteiger partial charge in [-0.05, 0) is 257 Å². The first kappa shape index (κ1) is 75.4. The van der Waals surface area contributed by atoms with Crippen molar-refractivity contribution in [3.63, 3.8) is 0 Å². The summed E-state index contributed by atoms with van der Waals surface area (Å²) in [6.45, 7) is 0. The summed E-state index contributed by atoms with van der Waals surface area (Å²) >= 11 is 0. The summed E-state index contributed by atoms with van der Waals surface area (Å²) in [4.78, 5) is 0. The molecule has 0 N–H and O–H groups in total. The molecule has 0 saturated carbocycles. The average molecular weight is 1100 g/mol. The lowest BCUT2D eigenvalue weighted by atomic mass is 10.1. The van der Waals surface area contributed by atoms with Crippen LogP contribution in [0.25, 0.3) is 0 Å². The molecule has 0 atom stereocenters. The second-order valence-corrected chi connectivity index (χ2v) is 24.6. The molecule has 0 aliphatic heterocycles. The Morgan fingerprint density at radius 1 is 0.0625 bits per heavy atom. The van der Waals surface area contributed by atoms with Gasteiger partial charge in [-0.3, -0.25) is 0 Å². The number of hydrogen-bond acceptors (Lipinski definition) is 0. The van der Waals surface area contributed by atoms with E-state index in [-0.39, 0.29) is 0 Å². The standard InChI is InChI=1S/C80H140/c1-2-4-6-8-10-12-14-16-18-20-22-24-26-28-30-32-34-36-38-40-42-44-46-48-50-52-54-56-58-60-62-64-66-68-70-72-74-76-78-80-79-77-75-73-71-69-67-65-63-61-59-57-55-53-51-49-47-45-43-41-39-37-35-33-31-29-27-25-23-21-19-17-15-13-11-9-7-5-3-1/h1-2,15-18,31-34,47-50,63-66,79-80H,3-14,19-30,35-46,51-62,67-78H2/b2-1+,17-15+,18-16+,33-31+,34-32+,49-47+,50-48+,65-63+,66-64+,80-79+. The zero-order valence-corrected chi connectivity index (χ0v) is 54.0. The summed E-state index contributed by atoms with van der Waals surface area (Å²) < 4.78 is 0. The molecule has 1 aliphatic rings. The molecule has 80 heavy (non-hydrogen) atoms. The summed E-state index contributed by atoms with van der Waals surface area (Å²) in [6.07, 6.45) is 130. The van der Waals surface area contributed by atoms with Gasteiger partial charge in [0.2, 0.25) is 0 Å². The van der Waals surface area contributed by atoms with Gasteiger partial charge < -0.3 is 0 Å². The minimum Gasteiger partial charge on any atom is -0.0885 e. The van der Waals surface area contributed by atoms with Gasteiger partial charge in [0.1, 0.15) is 0 Å². The van der Waals surface area contributed by atoms with Crippen molar-refractivity contribution in [3.8, 4) is 0 Å². The molecule has 1 rings (SSSR count). The largest absolute Gasteiger partial charge is 0.0885 e. The molecule has 0 bridgehead atoms. The Morgan fingerprint density at radius 2 is 0.113 bits per heavy atom. The molecule has 1 aliphatic carbocycles. The lowest BCUT2D eigenvalue weighted by molar-refractivity contribution is 0.638. The topological polar surface area (TPSA) is 0 Å². The minimum absolute atomic E-state index is 1.28. The van der Waals surface area contributed by atoms with E-state index < -0.39 is 0 Å². The molecular formula is C80H140. The molecule has 0 saturated heterocycles. The molecule has 0 nitrogen and oxygen atoms in total. The Balaban J connectivity index is 2.13. The van der Waals surface area contributed by atoms with Gasteiger partial charge in [0, 0.05) is 0 Å². The molecular weight excluding hydrogens is 961 g/mol. The fourth-order valence-electron chi connectivity index (χ4n) is 11.1. The SMILES string of the molecule is C1=C/CCCCCC/C=C/CCCCCC/C=C/CCCCCC/C=C/CCCCCC/C=C/CCCCCC/C=C/CCCCCC/C=C/CCCCCC/C=C/CCCCCC/C=C/CCCCCC/C=C/CCCCCC/1. The van der Waals surface area contributed by atoms with Crippen molar-refractivity contribution in [2.24, 2.45) is 0 Å². The molecule has 0 heteroatoms. The molecule has 0 fully saturated rings. The number of hydrogen-bond donors (Lipinski definition) is 0. The van der Waals surface area contributed by atoms with Crippen molar-refractivity contribution in [1.82, 2.24) is 0 Å². The second-order valence-electron chi connectivity index (χ2n) is 24.6. The highest BCUT2D eigenvalue weighted by Crippen LogP contribution is 2.16. The van der Waals surface area contributed by atoms with Crippen molar-refractivity contribution in [1.29, 1.82) is 0 Å². The first-order valence-electron chi connectivity index (χ1n) is 36.5. The molecule has 0 aromatic heterocycles. The molecule has 0 aromatic carbocycles. The lowest BCUT2D eigenvalue weighted by Gasteiger charge is -2.00. The minimum atomic E-state index is 1.28. The van der Waals surface area contributed by atoms with Gasteiger partial charge in [0.25, 0.3) is 0 Å². The maximum atomic E-state index is 2.46. The van der Waals surface area contributed by atoms with E-state index in [1.165, 1.54) is 385 Å². The molecule has 0 aromatic rings. The fourth-order valence-corrected chi connectivity index (χ4v) is 11.1. The van der Waals surface area contributed by atoms with Crippen LogP contribution in [0.15, 0.2) is 122 Å². The van der Waals surface area contributed by atoms with E-state index in [2.05, 4.69) is 122 Å². The van der Waals surface area contributed by atoms with Crippen LogP contribution >= 0.6 is 0 Å². The first-order chi connectivity index (χ1) is 40.0. The van der Waals surface area contributed by atoms with E-state index in [1.54, 1.807) is 0 Å². The molecule has 0 heterocycles. The lowest BCUT2D eigenvalue weighted by Crippen LogP contribution is -1.80. The van der Waals surface area contributed by atoms with E-state index in [9.17, 15) is 0 Å². The number of rotatable bonds is 0. The monoisotopic (exact) mass is 1100 g/mol. The molecule has 0 spiro atoms. The Kier molecular flexibility index (Phi) is 68.3. The molecule has 0 unspecified atom stereocenters. The molecule has 0 amide bonds. The van der Waals surface area contributed by atoms with Crippen LogP contribution in [0.4, 0.5) is 0 Å². The van der Waals surface area contributed by atoms with Gasteiger partial charge in [0.05, 0.1) is 0 Å². The highest BCUT2D eigenvalue weighted by atomic mass is 14.0. The smallest absolute Gasteiger partial charge is 0.0351 e. The fraction of sp³-hybridized carbons (Fsp3) is 0.750. The van der Waals surface area contributed by atoms with E-state index in [0.29, 0.717) is 0 Å². The third-order valence-electron chi connectivity index (χ3n) is 16.6. The van der Waals surface area contributed by atoms with Crippen molar-refractivity contribution in [3.05, 3.63) is 122 Å². The zero-order chi connectivity index (χ0) is 56.6. The Hall–Kier alpha value is -2.60. The van der Waals surface area contributed by atoms with Crippen molar-refractivity contribution in [2.75, 3.05) is 0 Å². The number of allylic oxidation sites excluding steroid dienone is 20. The van der Waals surface area contributed by atoms with Gasteiger partial charge >= 0.3 is 0 Å². The van der Waals surface area contributed by atoms with Crippen LogP contribution in [0.2, 0.25) is 0 Å². The Morgan fingerprint density at radius 3 is 0.163 bits per heavy atom. The molecule has 460 valence electrons. The van der Waals surface area contributed by atoms with Crippen LogP contribution in [0.5, 0.6) is 0 Å². The first-order valence-corrected chi connectivity index (χ1v) is 36.5. The second kappa shape index (κ2) is 72.5. The highest BCUT2D eigenvalue weighted by Gasteiger charge is 1.96. The van der Waals surface area contributed by atoms with Crippen molar-refractivity contribution < 1.29 is 0 Å². The molecule has 0 radical (unpaired) electrons. The Labute approximate surface area is 504 Å². The van der Waals surface area contributed by atoms with E-state index in [1.807, 2.05) is 0 Å². The van der Waals surface area contributed by atoms with Crippen LogP contribution in [0.3, 0.4) is 0 Å². The average Bonchev–Trinajstić information content (AvgIpc) is 3.47. The van der Waals surface area contributed by atoms with Crippen LogP contribution in [-0.4, -0.2) is 0 Å². The van der Waals surface area contributed by atoms with Crippen molar-refractivity contribution >= 4 is 0 Å². The van der Waals surface area contributed by atoms with Crippen LogP contribution in [0.1, 0.15) is 385 Å². The van der Waals surface area contributed by atoms with E-state index in [0.717, 1.165) is 0 Å². The maximum absolute atomic E-state index is 2.46. The third kappa shape index (κ3) is 69.7. The van der Waals surface area contributed by atoms with Crippen molar-refractivity contribution in [2.45, 2.75) is 385 Å². The normalized spacial score (nSPS) is 26.0. The summed E-state index contributed by atoms with van der Waals surface area (Å²) in [5, 5.41) is 0. The van der Waals surface area contributed by atoms with Gasteiger partial charge in [-0.1, -0.05) is 250 Å². The third-order valence-corrected chi connectivity index (χ3v) is 16.6. The van der Waals surface area contributed by atoms with Gasteiger partial charge in [-0.2, -0.15) is 0 Å². The predicted molar refractivity (Wildman–Crippen MR) is 368 cm³/mol. The summed E-state index contributed by atoms with van der Waals surface area (Å²) in [7, 11) is 0. The van der Waals surface area contributed by atoms with E-state index >= 15 is 0 Å². The van der Waals surface area contributed by atoms with Gasteiger partial charge in [-0.15, -0.1) is 0 Å². The van der Waals surface area contributed by atoms with Gasteiger partial charge in [0.15, 0.2) is 0 Å². The quantitative estimate of drug-likeness (QED) is 0.212. The van der Waals surface area contributed by atoms with E-state index in [4.69, 9.17) is 0 Å². The highest BCUT2D eigenvalue weighted by molar-refractivity contribution is 4.88. The summed E-state index contributed by atoms with van der Waals surface area (Å²) in [5.74, 6) is 0. The predicted octanol–water partition coefficient (Wildman–Crippen LogP) is 29.0. The Bertz CT molecular complexity index is 986. The summed E-state index contributed by atoms with van der Waals surface area (Å²) in [6, 6.07) is 0. The van der Waals surface area contributed by atoms with Gasteiger partial charge in [-0.25, -0.2) is 0 Å². The van der Waals surface area contributed by atoms with Crippen LogP contribution < -0.4 is 0 Å². The maximum Gasteiger partial charge on any atom is -0.0351 e. The van der Waals surface area contributed by atoms with Crippen LogP contribution in [0, 0.1) is 0 Å². The summed E-state index contributed by atoms with van der Waals surface area (Å²) in [5.41, 5.74) is 0. The zero-order valence-electron chi connectivity index (χ0n) is 54.0.